The van der Waals surface area contributed by atoms with Crippen molar-refractivity contribution in [2.45, 2.75) is 32.1 Å². The first-order chi connectivity index (χ1) is 3.93. The van der Waals surface area contributed by atoms with Crippen molar-refractivity contribution in [1.82, 2.24) is 0 Å². The van der Waals surface area contributed by atoms with Crippen molar-refractivity contribution in [2.24, 2.45) is 5.92 Å². The van der Waals surface area contributed by atoms with E-state index in [0.717, 1.165) is 19.1 Å². The number of hydrogen-bond donors (Lipinski definition) is 0. The largest absolute Gasteiger partial charge is 1.00 e. The predicted octanol–water partition coefficient (Wildman–Crippen LogP) is -1.12. The second-order valence-electron chi connectivity index (χ2n) is 2.53. The van der Waals surface area contributed by atoms with Crippen molar-refractivity contribution in [3.05, 3.63) is 0 Å². The molecule has 0 saturated heterocycles. The van der Waals surface area contributed by atoms with E-state index in [-0.39, 0.29) is 52.8 Å². The summed E-state index contributed by atoms with van der Waals surface area (Å²) in [6.07, 6.45) is 7.27. The molecule has 0 heterocycles. The number of rotatable bonds is 1. The first-order valence-electron chi connectivity index (χ1n) is 3.39. The SMILES string of the molecule is O=CC1CCCCC1.[H-].[K+]. The number of hydrogen-bond acceptors (Lipinski definition) is 1. The van der Waals surface area contributed by atoms with Crippen molar-refractivity contribution in [3.8, 4) is 0 Å². The maximum Gasteiger partial charge on any atom is 1.00 e. The molecule has 0 atom stereocenters. The summed E-state index contributed by atoms with van der Waals surface area (Å²) in [5.41, 5.74) is 0. The Morgan fingerprint density at radius 1 is 1.22 bits per heavy atom. The summed E-state index contributed by atoms with van der Waals surface area (Å²) in [5.74, 6) is 0.406. The Hall–Kier alpha value is 1.31. The molecule has 0 N–H and O–H groups in total. The van der Waals surface area contributed by atoms with Gasteiger partial charge >= 0.3 is 51.4 Å². The molecule has 0 radical (unpaired) electrons. The van der Waals surface area contributed by atoms with E-state index < -0.39 is 0 Å². The van der Waals surface area contributed by atoms with Gasteiger partial charge in [-0.25, -0.2) is 0 Å². The molecule has 1 fully saturated rings. The van der Waals surface area contributed by atoms with Crippen molar-refractivity contribution in [3.63, 3.8) is 0 Å². The summed E-state index contributed by atoms with van der Waals surface area (Å²) >= 11 is 0. The van der Waals surface area contributed by atoms with Gasteiger partial charge < -0.3 is 6.22 Å². The van der Waals surface area contributed by atoms with E-state index in [1.165, 1.54) is 19.3 Å². The van der Waals surface area contributed by atoms with Gasteiger partial charge in [-0.2, -0.15) is 0 Å². The Morgan fingerprint density at radius 2 is 1.78 bits per heavy atom. The average molecular weight is 152 g/mol. The van der Waals surface area contributed by atoms with E-state index in [0.29, 0.717) is 5.92 Å². The van der Waals surface area contributed by atoms with Crippen LogP contribution in [0.5, 0.6) is 0 Å². The van der Waals surface area contributed by atoms with E-state index >= 15 is 0 Å². The summed E-state index contributed by atoms with van der Waals surface area (Å²) in [5, 5.41) is 0. The second kappa shape index (κ2) is 6.04. The third-order valence-corrected chi connectivity index (χ3v) is 1.84. The Labute approximate surface area is 100 Å². The Morgan fingerprint density at radius 3 is 2.11 bits per heavy atom. The molecule has 0 aliphatic heterocycles. The molecule has 0 unspecified atom stereocenters. The standard InChI is InChI=1S/C7H12O.K.H/c8-6-7-4-2-1-3-5-7;;/h6-7H,1-5H2;;/q;+1;-1. The van der Waals surface area contributed by atoms with Crippen LogP contribution >= 0.6 is 0 Å². The monoisotopic (exact) mass is 152 g/mol. The molecule has 0 aromatic heterocycles. The molecule has 0 bridgehead atoms. The van der Waals surface area contributed by atoms with Gasteiger partial charge in [0.05, 0.1) is 0 Å². The molecular weight excluding hydrogens is 139 g/mol. The molecule has 1 saturated carbocycles. The van der Waals surface area contributed by atoms with Crippen molar-refractivity contribution in [2.75, 3.05) is 0 Å². The first kappa shape index (κ1) is 10.3. The summed E-state index contributed by atoms with van der Waals surface area (Å²) in [6, 6.07) is 0. The van der Waals surface area contributed by atoms with Gasteiger partial charge in [-0.15, -0.1) is 0 Å². The molecule has 0 aromatic carbocycles. The van der Waals surface area contributed by atoms with Crippen molar-refractivity contribution < 1.29 is 57.6 Å². The van der Waals surface area contributed by atoms with Crippen LogP contribution in [-0.2, 0) is 4.79 Å². The van der Waals surface area contributed by atoms with Gasteiger partial charge in [-0.1, -0.05) is 19.3 Å². The minimum absolute atomic E-state index is 0. The van der Waals surface area contributed by atoms with Crippen LogP contribution < -0.4 is 51.4 Å². The van der Waals surface area contributed by atoms with Gasteiger partial charge in [0.15, 0.2) is 0 Å². The molecule has 9 heavy (non-hydrogen) atoms. The van der Waals surface area contributed by atoms with Crippen LogP contribution in [-0.4, -0.2) is 6.29 Å². The zero-order chi connectivity index (χ0) is 5.82. The topological polar surface area (TPSA) is 17.1 Å². The minimum Gasteiger partial charge on any atom is -1.00 e. The van der Waals surface area contributed by atoms with Crippen LogP contribution in [0.15, 0.2) is 0 Å². The fourth-order valence-corrected chi connectivity index (χ4v) is 1.27. The zero-order valence-electron chi connectivity index (χ0n) is 7.10. The van der Waals surface area contributed by atoms with Crippen molar-refractivity contribution >= 4 is 6.29 Å². The number of aldehydes is 1. The van der Waals surface area contributed by atoms with E-state index in [2.05, 4.69) is 0 Å². The Balaban J connectivity index is 0. The van der Waals surface area contributed by atoms with Gasteiger partial charge in [-0.3, -0.25) is 0 Å². The minimum atomic E-state index is 0. The van der Waals surface area contributed by atoms with Crippen molar-refractivity contribution in [1.29, 1.82) is 0 Å². The third-order valence-electron chi connectivity index (χ3n) is 1.84. The van der Waals surface area contributed by atoms with Gasteiger partial charge in [0.1, 0.15) is 6.29 Å². The van der Waals surface area contributed by atoms with Gasteiger partial charge in [0.25, 0.3) is 0 Å². The first-order valence-corrected chi connectivity index (χ1v) is 3.39. The molecule has 0 amide bonds. The molecule has 48 valence electrons. The zero-order valence-corrected chi connectivity index (χ0v) is 9.22. The normalized spacial score (nSPS) is 20.4. The second-order valence-corrected chi connectivity index (χ2v) is 2.53. The molecular formula is C7H13KO. The van der Waals surface area contributed by atoms with E-state index in [4.69, 9.17) is 0 Å². The summed E-state index contributed by atoms with van der Waals surface area (Å²) in [4.78, 5) is 10.2. The predicted molar refractivity (Wildman–Crippen MR) is 33.8 cm³/mol. The maximum atomic E-state index is 10.2. The van der Waals surface area contributed by atoms with E-state index in [1.54, 1.807) is 0 Å². The fourth-order valence-electron chi connectivity index (χ4n) is 1.27. The average Bonchev–Trinajstić information content (AvgIpc) is 1.90. The molecule has 2 heteroatoms. The van der Waals surface area contributed by atoms with Crippen LogP contribution in [0.3, 0.4) is 0 Å². The van der Waals surface area contributed by atoms with Crippen LogP contribution in [0.4, 0.5) is 0 Å². The van der Waals surface area contributed by atoms with Crippen LogP contribution in [0.1, 0.15) is 33.5 Å². The summed E-state index contributed by atoms with van der Waals surface area (Å²) in [7, 11) is 0. The molecule has 1 nitrogen and oxygen atoms in total. The number of carbonyl (C=O) groups is 1. The van der Waals surface area contributed by atoms with E-state index in [1.807, 2.05) is 0 Å². The molecule has 1 rings (SSSR count). The Bertz CT molecular complexity index is 81.7. The van der Waals surface area contributed by atoms with Gasteiger partial charge in [0.2, 0.25) is 0 Å². The summed E-state index contributed by atoms with van der Waals surface area (Å²) in [6.45, 7) is 0. The molecule has 1 aliphatic rings. The van der Waals surface area contributed by atoms with Crippen LogP contribution in [0.2, 0.25) is 0 Å². The van der Waals surface area contributed by atoms with Crippen LogP contribution in [0.25, 0.3) is 0 Å². The molecule has 0 spiro atoms. The van der Waals surface area contributed by atoms with E-state index in [9.17, 15) is 4.79 Å². The fraction of sp³-hybridized carbons (Fsp3) is 0.857. The molecule has 1 aliphatic carbocycles. The maximum absolute atomic E-state index is 10.2. The Kier molecular flexibility index (Phi) is 6.92. The van der Waals surface area contributed by atoms with Crippen LogP contribution in [0, 0.1) is 5.92 Å². The smallest absolute Gasteiger partial charge is 1.00 e. The quantitative estimate of drug-likeness (QED) is 0.344. The van der Waals surface area contributed by atoms with Gasteiger partial charge in [0, 0.05) is 5.92 Å². The van der Waals surface area contributed by atoms with Gasteiger partial charge in [-0.05, 0) is 12.8 Å². The molecule has 0 aromatic rings. The number of carbonyl (C=O) groups excluding carboxylic acids is 1. The summed E-state index contributed by atoms with van der Waals surface area (Å²) < 4.78 is 0. The third kappa shape index (κ3) is 3.89.